The van der Waals surface area contributed by atoms with Crippen molar-refractivity contribution in [3.8, 4) is 0 Å². The number of hydrogen-bond donors (Lipinski definition) is 1. The summed E-state index contributed by atoms with van der Waals surface area (Å²) in [5.74, 6) is -0.663. The number of alkyl halides is 6. The first-order valence-electron chi connectivity index (χ1n) is 7.13. The van der Waals surface area contributed by atoms with Gasteiger partial charge in [0.1, 0.15) is 0 Å². The van der Waals surface area contributed by atoms with Gasteiger partial charge >= 0.3 is 12.4 Å². The van der Waals surface area contributed by atoms with E-state index in [2.05, 4.69) is 0 Å². The number of halogens is 6. The average Bonchev–Trinajstić information content (AvgIpc) is 2.54. The lowest BCUT2D eigenvalue weighted by Crippen LogP contribution is -2.58. The summed E-state index contributed by atoms with van der Waals surface area (Å²) in [6.45, 7) is 5.60. The zero-order valence-electron chi connectivity index (χ0n) is 12.4. The third kappa shape index (κ3) is 4.05. The summed E-state index contributed by atoms with van der Waals surface area (Å²) in [6, 6.07) is 0. The zero-order valence-corrected chi connectivity index (χ0v) is 12.4. The van der Waals surface area contributed by atoms with Gasteiger partial charge in [-0.15, -0.1) is 0 Å². The van der Waals surface area contributed by atoms with E-state index in [1.807, 2.05) is 20.8 Å². The quantitative estimate of drug-likeness (QED) is 0.727. The van der Waals surface area contributed by atoms with E-state index in [0.717, 1.165) is 0 Å². The molecular weight excluding hydrogens is 298 g/mol. The molecule has 21 heavy (non-hydrogen) atoms. The van der Waals surface area contributed by atoms with Gasteiger partial charge in [0, 0.05) is 0 Å². The molecule has 1 aliphatic carbocycles. The summed E-state index contributed by atoms with van der Waals surface area (Å²) < 4.78 is 76.6. The highest BCUT2D eigenvalue weighted by atomic mass is 19.4. The molecule has 0 amide bonds. The fourth-order valence-corrected chi connectivity index (χ4v) is 3.43. The maximum Gasteiger partial charge on any atom is 0.426 e. The van der Waals surface area contributed by atoms with Gasteiger partial charge in [-0.2, -0.15) is 26.3 Å². The van der Waals surface area contributed by atoms with Crippen molar-refractivity contribution in [3.63, 3.8) is 0 Å². The Labute approximate surface area is 120 Å². The molecule has 7 heteroatoms. The number of hydrogen-bond acceptors (Lipinski definition) is 1. The lowest BCUT2D eigenvalue weighted by atomic mass is 9.80. The van der Waals surface area contributed by atoms with E-state index in [1.54, 1.807) is 0 Å². The van der Waals surface area contributed by atoms with Gasteiger partial charge in [-0.3, -0.25) is 0 Å². The van der Waals surface area contributed by atoms with E-state index < -0.39 is 30.3 Å². The lowest BCUT2D eigenvalue weighted by Gasteiger charge is -2.36. The monoisotopic (exact) mass is 320 g/mol. The first-order valence-corrected chi connectivity index (χ1v) is 7.13. The second kappa shape index (κ2) is 5.97. The molecule has 0 radical (unpaired) electrons. The van der Waals surface area contributed by atoms with Crippen LogP contribution >= 0.6 is 0 Å². The van der Waals surface area contributed by atoms with Crippen LogP contribution in [0.5, 0.6) is 0 Å². The second-order valence-electron chi connectivity index (χ2n) is 6.79. The average molecular weight is 320 g/mol. The topological polar surface area (TPSA) is 20.2 Å². The van der Waals surface area contributed by atoms with Gasteiger partial charge in [0.05, 0.1) is 0 Å². The van der Waals surface area contributed by atoms with Gasteiger partial charge in [0.2, 0.25) is 0 Å². The Morgan fingerprint density at radius 1 is 0.952 bits per heavy atom. The highest BCUT2D eigenvalue weighted by Gasteiger charge is 2.70. The van der Waals surface area contributed by atoms with Crippen molar-refractivity contribution in [2.45, 2.75) is 64.4 Å². The minimum atomic E-state index is -5.71. The Kier molecular flexibility index (Phi) is 5.29. The van der Waals surface area contributed by atoms with Crippen LogP contribution in [0.2, 0.25) is 0 Å². The molecule has 1 aliphatic rings. The van der Waals surface area contributed by atoms with Crippen LogP contribution in [0.15, 0.2) is 0 Å². The van der Waals surface area contributed by atoms with Crippen LogP contribution in [0.3, 0.4) is 0 Å². The van der Waals surface area contributed by atoms with Gasteiger partial charge in [0.15, 0.2) is 0 Å². The Morgan fingerprint density at radius 3 is 1.76 bits per heavy atom. The van der Waals surface area contributed by atoms with Crippen molar-refractivity contribution in [3.05, 3.63) is 0 Å². The van der Waals surface area contributed by atoms with E-state index >= 15 is 0 Å². The van der Waals surface area contributed by atoms with E-state index in [1.165, 1.54) is 0 Å². The van der Waals surface area contributed by atoms with E-state index in [4.69, 9.17) is 0 Å². The highest BCUT2D eigenvalue weighted by molar-refractivity contribution is 4.98. The van der Waals surface area contributed by atoms with Crippen LogP contribution < -0.4 is 0 Å². The van der Waals surface area contributed by atoms with Gasteiger partial charge < -0.3 is 5.11 Å². The molecule has 126 valence electrons. The third-order valence-corrected chi connectivity index (χ3v) is 4.35. The maximum absolute atomic E-state index is 12.8. The smallest absolute Gasteiger partial charge is 0.374 e. The Balaban J connectivity index is 2.98. The van der Waals surface area contributed by atoms with Crippen LogP contribution in [-0.2, 0) is 0 Å². The fourth-order valence-electron chi connectivity index (χ4n) is 3.43. The summed E-state index contributed by atoms with van der Waals surface area (Å²) >= 11 is 0. The van der Waals surface area contributed by atoms with E-state index in [0.29, 0.717) is 19.3 Å². The molecule has 1 saturated carbocycles. The van der Waals surface area contributed by atoms with E-state index in [9.17, 15) is 31.4 Å². The number of rotatable bonds is 4. The van der Waals surface area contributed by atoms with Crippen LogP contribution in [0.25, 0.3) is 0 Å². The molecule has 3 atom stereocenters. The van der Waals surface area contributed by atoms with Crippen LogP contribution in [0.4, 0.5) is 26.3 Å². The molecule has 1 nitrogen and oxygen atoms in total. The number of aliphatic hydroxyl groups is 1. The van der Waals surface area contributed by atoms with Crippen molar-refractivity contribution in [1.29, 1.82) is 0 Å². The largest absolute Gasteiger partial charge is 0.426 e. The van der Waals surface area contributed by atoms with Crippen molar-refractivity contribution < 1.29 is 31.4 Å². The standard InChI is InChI=1S/C14H22F6O/c1-8(2)4-10-5-9(3)6-11(10)7-12(21,13(15,16)17)14(18,19)20/h8-11,21H,4-7H2,1-3H3. The van der Waals surface area contributed by atoms with Crippen molar-refractivity contribution >= 4 is 0 Å². The Morgan fingerprint density at radius 2 is 1.38 bits per heavy atom. The van der Waals surface area contributed by atoms with Gasteiger partial charge in [-0.25, -0.2) is 0 Å². The van der Waals surface area contributed by atoms with Crippen molar-refractivity contribution in [1.82, 2.24) is 0 Å². The molecule has 0 aliphatic heterocycles. The molecule has 0 heterocycles. The molecule has 0 spiro atoms. The van der Waals surface area contributed by atoms with Crippen molar-refractivity contribution in [2.24, 2.45) is 23.7 Å². The Hall–Kier alpha value is -0.460. The minimum Gasteiger partial charge on any atom is -0.374 e. The summed E-state index contributed by atoms with van der Waals surface area (Å²) in [6.07, 6.45) is -11.2. The first-order chi connectivity index (χ1) is 9.28. The molecule has 0 aromatic carbocycles. The highest BCUT2D eigenvalue weighted by Crippen LogP contribution is 2.51. The molecule has 0 bridgehead atoms. The fraction of sp³-hybridized carbons (Fsp3) is 1.00. The van der Waals surface area contributed by atoms with Crippen molar-refractivity contribution in [2.75, 3.05) is 0 Å². The van der Waals surface area contributed by atoms with E-state index in [-0.39, 0.29) is 17.8 Å². The molecule has 3 unspecified atom stereocenters. The maximum atomic E-state index is 12.8. The zero-order chi connectivity index (χ0) is 16.6. The normalized spacial score (nSPS) is 28.4. The van der Waals surface area contributed by atoms with Gasteiger partial charge in [0.25, 0.3) is 5.60 Å². The van der Waals surface area contributed by atoms with Crippen LogP contribution in [0, 0.1) is 23.7 Å². The van der Waals surface area contributed by atoms with Gasteiger partial charge in [-0.1, -0.05) is 20.8 Å². The second-order valence-corrected chi connectivity index (χ2v) is 6.79. The first kappa shape index (κ1) is 18.6. The molecule has 1 N–H and O–H groups in total. The lowest BCUT2D eigenvalue weighted by molar-refractivity contribution is -0.373. The SMILES string of the molecule is CC(C)CC1CC(C)CC1CC(O)(C(F)(F)F)C(F)(F)F. The predicted octanol–water partition coefficient (Wildman–Crippen LogP) is 4.94. The Bertz CT molecular complexity index is 332. The predicted molar refractivity (Wildman–Crippen MR) is 66.5 cm³/mol. The summed E-state index contributed by atoms with van der Waals surface area (Å²) in [7, 11) is 0. The summed E-state index contributed by atoms with van der Waals surface area (Å²) in [5.41, 5.74) is -4.61. The molecule has 0 aromatic rings. The molecule has 1 fully saturated rings. The summed E-state index contributed by atoms with van der Waals surface area (Å²) in [5, 5.41) is 9.33. The molecule has 0 aromatic heterocycles. The summed E-state index contributed by atoms with van der Waals surface area (Å²) in [4.78, 5) is 0. The minimum absolute atomic E-state index is 0.0875. The molecular formula is C14H22F6O. The van der Waals surface area contributed by atoms with Crippen LogP contribution in [0.1, 0.15) is 46.5 Å². The third-order valence-electron chi connectivity index (χ3n) is 4.35. The van der Waals surface area contributed by atoms with Gasteiger partial charge in [-0.05, 0) is 49.4 Å². The molecule has 1 rings (SSSR count). The van der Waals surface area contributed by atoms with Crippen LogP contribution in [-0.4, -0.2) is 23.1 Å². The molecule has 0 saturated heterocycles.